The Morgan fingerprint density at radius 2 is 2.28 bits per heavy atom. The van der Waals surface area contributed by atoms with Gasteiger partial charge >= 0.3 is 0 Å². The second kappa shape index (κ2) is 5.67. The number of nitrogens with zero attached hydrogens (tertiary/aromatic N) is 1. The third-order valence-corrected chi connectivity index (χ3v) is 4.22. The highest BCUT2D eigenvalue weighted by Gasteiger charge is 2.07. The summed E-state index contributed by atoms with van der Waals surface area (Å²) in [5.41, 5.74) is 6.91. The Bertz CT molecular complexity index is 556. The minimum atomic E-state index is -0.333. The number of thiazole rings is 1. The van der Waals surface area contributed by atoms with Gasteiger partial charge in [0.2, 0.25) is 0 Å². The first-order valence-electron chi connectivity index (χ1n) is 5.52. The fourth-order valence-electron chi connectivity index (χ4n) is 1.48. The maximum atomic E-state index is 13.4. The summed E-state index contributed by atoms with van der Waals surface area (Å²) in [4.78, 5) is 5.52. The van der Waals surface area contributed by atoms with Crippen LogP contribution in [0.25, 0.3) is 0 Å². The Balaban J connectivity index is 2.08. The number of nitrogens with two attached hydrogens (primary N) is 1. The Kier molecular flexibility index (Phi) is 4.19. The minimum Gasteiger partial charge on any atom is -0.397 e. The molecule has 0 unspecified atom stereocenters. The molecular formula is C12H13BrFN3S. The number of hydrogen-bond donors (Lipinski definition) is 2. The van der Waals surface area contributed by atoms with E-state index in [0.717, 1.165) is 11.4 Å². The van der Waals surface area contributed by atoms with Crippen LogP contribution in [0.1, 0.15) is 16.8 Å². The molecule has 0 radical (unpaired) electrons. The molecular weight excluding hydrogens is 317 g/mol. The van der Waals surface area contributed by atoms with Gasteiger partial charge in [-0.05, 0) is 28.4 Å². The molecule has 2 rings (SSSR count). The summed E-state index contributed by atoms with van der Waals surface area (Å²) in [7, 11) is 0. The van der Waals surface area contributed by atoms with Crippen molar-refractivity contribution in [2.45, 2.75) is 19.9 Å². The molecule has 6 heteroatoms. The molecule has 18 heavy (non-hydrogen) atoms. The summed E-state index contributed by atoms with van der Waals surface area (Å²) in [6.45, 7) is 2.64. The van der Waals surface area contributed by atoms with E-state index in [4.69, 9.17) is 5.73 Å². The van der Waals surface area contributed by atoms with E-state index in [2.05, 4.69) is 33.2 Å². The number of anilines is 2. The molecule has 3 nitrogen and oxygen atoms in total. The van der Waals surface area contributed by atoms with E-state index in [1.807, 2.05) is 6.20 Å². The normalized spacial score (nSPS) is 10.6. The number of hydrogen-bond acceptors (Lipinski definition) is 4. The van der Waals surface area contributed by atoms with E-state index >= 15 is 0 Å². The van der Waals surface area contributed by atoms with Crippen LogP contribution in [0.4, 0.5) is 15.8 Å². The van der Waals surface area contributed by atoms with Crippen molar-refractivity contribution in [2.75, 3.05) is 11.1 Å². The summed E-state index contributed by atoms with van der Waals surface area (Å²) in [6, 6.07) is 2.94. The Hall–Kier alpha value is -1.14. The molecule has 0 saturated carbocycles. The van der Waals surface area contributed by atoms with E-state index < -0.39 is 0 Å². The van der Waals surface area contributed by atoms with Crippen LogP contribution in [-0.4, -0.2) is 4.98 Å². The van der Waals surface area contributed by atoms with Gasteiger partial charge in [-0.3, -0.25) is 0 Å². The summed E-state index contributed by atoms with van der Waals surface area (Å²) < 4.78 is 13.8. The molecule has 0 aliphatic heterocycles. The van der Waals surface area contributed by atoms with Crippen LogP contribution < -0.4 is 11.1 Å². The van der Waals surface area contributed by atoms with Crippen LogP contribution in [0.2, 0.25) is 0 Å². The number of benzene rings is 1. The van der Waals surface area contributed by atoms with Gasteiger partial charge < -0.3 is 11.1 Å². The zero-order valence-corrected chi connectivity index (χ0v) is 12.2. The summed E-state index contributed by atoms with van der Waals surface area (Å²) in [5, 5.41) is 4.06. The van der Waals surface area contributed by atoms with E-state index in [1.54, 1.807) is 17.4 Å². The minimum absolute atomic E-state index is 0.333. The number of halogens is 2. The topological polar surface area (TPSA) is 50.9 Å². The molecule has 2 aromatic rings. The molecule has 0 fully saturated rings. The van der Waals surface area contributed by atoms with Crippen LogP contribution in [-0.2, 0) is 13.0 Å². The molecule has 3 N–H and O–H groups in total. The number of nitrogen functional groups attached to an aromatic ring is 1. The van der Waals surface area contributed by atoms with E-state index in [9.17, 15) is 4.39 Å². The molecule has 0 bridgehead atoms. The maximum absolute atomic E-state index is 13.4. The predicted octanol–water partition coefficient (Wildman–Crippen LogP) is 3.80. The highest BCUT2D eigenvalue weighted by molar-refractivity contribution is 9.10. The zero-order valence-electron chi connectivity index (χ0n) is 9.84. The van der Waals surface area contributed by atoms with Crippen LogP contribution in [0.5, 0.6) is 0 Å². The highest BCUT2D eigenvalue weighted by atomic mass is 79.9. The van der Waals surface area contributed by atoms with Crippen molar-refractivity contribution in [1.29, 1.82) is 0 Å². The van der Waals surface area contributed by atoms with Crippen molar-refractivity contribution in [2.24, 2.45) is 0 Å². The molecule has 0 aliphatic rings. The SMILES string of the molecule is CCc1cnc(CNc2cc(F)c(Br)cc2N)s1. The average Bonchev–Trinajstić information content (AvgIpc) is 2.80. The van der Waals surface area contributed by atoms with Crippen LogP contribution in [0, 0.1) is 5.82 Å². The smallest absolute Gasteiger partial charge is 0.139 e. The van der Waals surface area contributed by atoms with Gasteiger partial charge in [0, 0.05) is 17.1 Å². The predicted molar refractivity (Wildman–Crippen MR) is 77.3 cm³/mol. The lowest BCUT2D eigenvalue weighted by Crippen LogP contribution is -2.03. The first kappa shape index (κ1) is 13.3. The standard InChI is InChI=1S/C12H13BrFN3S/c1-2-7-5-17-12(18-7)6-16-11-4-9(14)8(13)3-10(11)15/h3-5,16H,2,6,15H2,1H3. The fraction of sp³-hybridized carbons (Fsp3) is 0.250. The number of aromatic nitrogens is 1. The third kappa shape index (κ3) is 3.00. The van der Waals surface area contributed by atoms with Gasteiger partial charge in [0.1, 0.15) is 10.8 Å². The Morgan fingerprint density at radius 3 is 2.94 bits per heavy atom. The molecule has 0 spiro atoms. The average molecular weight is 330 g/mol. The molecule has 0 amide bonds. The maximum Gasteiger partial charge on any atom is 0.139 e. The molecule has 96 valence electrons. The molecule has 1 aromatic heterocycles. The van der Waals surface area contributed by atoms with Crippen molar-refractivity contribution in [1.82, 2.24) is 4.98 Å². The lowest BCUT2D eigenvalue weighted by molar-refractivity contribution is 0.622. The first-order valence-corrected chi connectivity index (χ1v) is 7.13. The fourth-order valence-corrected chi connectivity index (χ4v) is 2.64. The van der Waals surface area contributed by atoms with Gasteiger partial charge in [-0.1, -0.05) is 6.92 Å². The number of rotatable bonds is 4. The van der Waals surface area contributed by atoms with Crippen LogP contribution in [0.3, 0.4) is 0 Å². The second-order valence-corrected chi connectivity index (χ2v) is 5.84. The van der Waals surface area contributed by atoms with Crippen LogP contribution >= 0.6 is 27.3 Å². The van der Waals surface area contributed by atoms with Gasteiger partial charge in [-0.15, -0.1) is 11.3 Å². The summed E-state index contributed by atoms with van der Waals surface area (Å²) in [5.74, 6) is -0.333. The van der Waals surface area contributed by atoms with Crippen LogP contribution in [0.15, 0.2) is 22.8 Å². The van der Waals surface area contributed by atoms with Gasteiger partial charge in [0.15, 0.2) is 0 Å². The van der Waals surface area contributed by atoms with Crippen molar-refractivity contribution in [3.8, 4) is 0 Å². The lowest BCUT2D eigenvalue weighted by Gasteiger charge is -2.08. The molecule has 0 saturated heterocycles. The Labute approximate surface area is 117 Å². The molecule has 1 heterocycles. The van der Waals surface area contributed by atoms with E-state index in [-0.39, 0.29) is 5.82 Å². The molecule has 1 aromatic carbocycles. The Morgan fingerprint density at radius 1 is 1.50 bits per heavy atom. The van der Waals surface area contributed by atoms with Gasteiger partial charge in [-0.25, -0.2) is 9.37 Å². The first-order chi connectivity index (χ1) is 8.60. The van der Waals surface area contributed by atoms with Crippen molar-refractivity contribution in [3.63, 3.8) is 0 Å². The van der Waals surface area contributed by atoms with Gasteiger partial charge in [-0.2, -0.15) is 0 Å². The highest BCUT2D eigenvalue weighted by Crippen LogP contribution is 2.27. The monoisotopic (exact) mass is 329 g/mol. The largest absolute Gasteiger partial charge is 0.397 e. The van der Waals surface area contributed by atoms with E-state index in [0.29, 0.717) is 22.4 Å². The molecule has 0 aliphatic carbocycles. The van der Waals surface area contributed by atoms with Crippen molar-refractivity contribution < 1.29 is 4.39 Å². The van der Waals surface area contributed by atoms with E-state index in [1.165, 1.54) is 10.9 Å². The van der Waals surface area contributed by atoms with Gasteiger partial charge in [0.25, 0.3) is 0 Å². The summed E-state index contributed by atoms with van der Waals surface area (Å²) in [6.07, 6.45) is 2.85. The van der Waals surface area contributed by atoms with Crippen molar-refractivity contribution in [3.05, 3.63) is 38.5 Å². The lowest BCUT2D eigenvalue weighted by atomic mass is 10.2. The zero-order chi connectivity index (χ0) is 13.1. The quantitative estimate of drug-likeness (QED) is 0.839. The third-order valence-electron chi connectivity index (χ3n) is 2.47. The number of nitrogens with one attached hydrogen (secondary N) is 1. The summed E-state index contributed by atoms with van der Waals surface area (Å²) >= 11 is 4.74. The van der Waals surface area contributed by atoms with Crippen molar-refractivity contribution >= 4 is 38.6 Å². The molecule has 0 atom stereocenters. The number of aryl methyl sites for hydroxylation is 1. The van der Waals surface area contributed by atoms with Gasteiger partial charge in [0.05, 0.1) is 22.4 Å². The second-order valence-electron chi connectivity index (χ2n) is 3.78.